The molecule has 0 amide bonds. The van der Waals surface area contributed by atoms with Gasteiger partial charge in [-0.15, -0.1) is 0 Å². The van der Waals surface area contributed by atoms with Crippen molar-refractivity contribution in [3.63, 3.8) is 0 Å². The normalized spacial score (nSPS) is 44.3. The minimum Gasteiger partial charge on any atom is -0.462 e. The Morgan fingerprint density at radius 3 is 3.15 bits per heavy atom. The monoisotopic (exact) mass is 183 g/mol. The minimum absolute atomic E-state index is 0.110. The molecule has 0 N–H and O–H groups in total. The van der Waals surface area contributed by atoms with E-state index in [0.29, 0.717) is 19.1 Å². The molecule has 3 aliphatic rings. The number of esters is 1. The molecule has 3 aliphatic heterocycles. The Bertz CT molecular complexity index is 241. The van der Waals surface area contributed by atoms with E-state index in [1.165, 1.54) is 12.8 Å². The van der Waals surface area contributed by atoms with Crippen LogP contribution in [0.2, 0.25) is 0 Å². The van der Waals surface area contributed by atoms with Gasteiger partial charge in [0.15, 0.2) is 0 Å². The lowest BCUT2D eigenvalue weighted by Crippen LogP contribution is -2.31. The number of hydrogen-bond donors (Lipinski definition) is 0. The summed E-state index contributed by atoms with van der Waals surface area (Å²) in [4.78, 5) is 16.8. The summed E-state index contributed by atoms with van der Waals surface area (Å²) in [5, 5.41) is 2.04. The Kier molecular flexibility index (Phi) is 1.46. The van der Waals surface area contributed by atoms with Crippen molar-refractivity contribution in [2.24, 2.45) is 0 Å². The van der Waals surface area contributed by atoms with Gasteiger partial charge in [-0.2, -0.15) is 5.06 Å². The first-order valence-electron chi connectivity index (χ1n) is 4.89. The average molecular weight is 183 g/mol. The summed E-state index contributed by atoms with van der Waals surface area (Å²) >= 11 is 0. The molecular weight excluding hydrogens is 170 g/mol. The van der Waals surface area contributed by atoms with Crippen LogP contribution in [0, 0.1) is 0 Å². The van der Waals surface area contributed by atoms with Crippen LogP contribution >= 0.6 is 0 Å². The van der Waals surface area contributed by atoms with Crippen LogP contribution in [0.15, 0.2) is 0 Å². The van der Waals surface area contributed by atoms with E-state index >= 15 is 0 Å². The Morgan fingerprint density at radius 2 is 2.46 bits per heavy atom. The fourth-order valence-corrected chi connectivity index (χ4v) is 2.62. The highest BCUT2D eigenvalue weighted by Crippen LogP contribution is 2.41. The van der Waals surface area contributed by atoms with Crippen LogP contribution in [0.3, 0.4) is 0 Å². The summed E-state index contributed by atoms with van der Waals surface area (Å²) in [5.74, 6) is -0.110. The summed E-state index contributed by atoms with van der Waals surface area (Å²) in [5.41, 5.74) is -0.290. The highest BCUT2D eigenvalue weighted by molar-refractivity contribution is 5.73. The van der Waals surface area contributed by atoms with Gasteiger partial charge in [-0.25, -0.2) is 0 Å². The average Bonchev–Trinajstić information content (AvgIpc) is 2.67. The molecule has 3 fully saturated rings. The molecule has 1 spiro atoms. The number of hydroxylamine groups is 2. The highest BCUT2D eigenvalue weighted by Gasteiger charge is 2.52. The van der Waals surface area contributed by atoms with Gasteiger partial charge in [0.2, 0.25) is 0 Å². The SMILES string of the molecule is O=C1C[C@]2(CO1)C[C@H]1CCCN1O2. The van der Waals surface area contributed by atoms with Crippen molar-refractivity contribution in [2.75, 3.05) is 13.2 Å². The van der Waals surface area contributed by atoms with Crippen molar-refractivity contribution in [1.29, 1.82) is 0 Å². The number of fused-ring (bicyclic) bond motifs is 1. The molecular formula is C9H13NO3. The van der Waals surface area contributed by atoms with Gasteiger partial charge in [-0.3, -0.25) is 9.63 Å². The van der Waals surface area contributed by atoms with Crippen molar-refractivity contribution < 1.29 is 14.4 Å². The summed E-state index contributed by atoms with van der Waals surface area (Å²) < 4.78 is 4.97. The molecule has 0 radical (unpaired) electrons. The Balaban J connectivity index is 1.78. The third-order valence-corrected chi connectivity index (χ3v) is 3.20. The predicted molar refractivity (Wildman–Crippen MR) is 43.7 cm³/mol. The van der Waals surface area contributed by atoms with E-state index in [1.54, 1.807) is 0 Å². The van der Waals surface area contributed by atoms with Crippen molar-refractivity contribution in [3.05, 3.63) is 0 Å². The molecule has 0 saturated carbocycles. The number of ether oxygens (including phenoxy) is 1. The Morgan fingerprint density at radius 1 is 1.54 bits per heavy atom. The van der Waals surface area contributed by atoms with Gasteiger partial charge >= 0.3 is 5.97 Å². The van der Waals surface area contributed by atoms with Crippen LogP contribution in [0.25, 0.3) is 0 Å². The van der Waals surface area contributed by atoms with Gasteiger partial charge in [-0.1, -0.05) is 0 Å². The molecule has 3 rings (SSSR count). The van der Waals surface area contributed by atoms with Crippen LogP contribution in [0.5, 0.6) is 0 Å². The zero-order chi connectivity index (χ0) is 8.89. The zero-order valence-corrected chi connectivity index (χ0v) is 7.49. The molecule has 3 saturated heterocycles. The number of rotatable bonds is 0. The standard InChI is InChI=1S/C9H13NO3/c11-8-5-9(6-12-8)4-7-2-1-3-10(7)13-9/h7H,1-6H2/t7-,9+/m1/s1. The molecule has 3 heterocycles. The first-order valence-corrected chi connectivity index (χ1v) is 4.89. The first kappa shape index (κ1) is 7.76. The molecule has 4 heteroatoms. The molecule has 72 valence electrons. The predicted octanol–water partition coefficient (Wildman–Crippen LogP) is 0.472. The number of cyclic esters (lactones) is 1. The maximum absolute atomic E-state index is 11.0. The van der Waals surface area contributed by atoms with Crippen molar-refractivity contribution in [2.45, 2.75) is 37.3 Å². The van der Waals surface area contributed by atoms with E-state index in [1.807, 2.05) is 5.06 Å². The third-order valence-electron chi connectivity index (χ3n) is 3.20. The van der Waals surface area contributed by atoms with Gasteiger partial charge in [-0.05, 0) is 12.8 Å². The number of hydrogen-bond acceptors (Lipinski definition) is 4. The van der Waals surface area contributed by atoms with Crippen LogP contribution in [-0.4, -0.2) is 35.8 Å². The summed E-state index contributed by atoms with van der Waals surface area (Å²) in [6.07, 6.45) is 3.84. The van der Waals surface area contributed by atoms with Gasteiger partial charge in [0.1, 0.15) is 12.2 Å². The van der Waals surface area contributed by atoms with Crippen LogP contribution in [0.1, 0.15) is 25.7 Å². The van der Waals surface area contributed by atoms with Crippen LogP contribution < -0.4 is 0 Å². The molecule has 0 bridgehead atoms. The number of nitrogens with zero attached hydrogens (tertiary/aromatic N) is 1. The van der Waals surface area contributed by atoms with E-state index in [0.717, 1.165) is 13.0 Å². The second-order valence-electron chi connectivity index (χ2n) is 4.25. The van der Waals surface area contributed by atoms with E-state index in [4.69, 9.17) is 9.57 Å². The molecule has 0 aromatic rings. The number of carbonyl (C=O) groups is 1. The molecule has 13 heavy (non-hydrogen) atoms. The molecule has 0 aliphatic carbocycles. The lowest BCUT2D eigenvalue weighted by Gasteiger charge is -2.19. The fraction of sp³-hybridized carbons (Fsp3) is 0.889. The maximum Gasteiger partial charge on any atom is 0.309 e. The second-order valence-corrected chi connectivity index (χ2v) is 4.25. The van der Waals surface area contributed by atoms with Gasteiger partial charge < -0.3 is 4.74 Å². The quantitative estimate of drug-likeness (QED) is 0.512. The van der Waals surface area contributed by atoms with Crippen molar-refractivity contribution in [3.8, 4) is 0 Å². The smallest absolute Gasteiger partial charge is 0.309 e. The van der Waals surface area contributed by atoms with Crippen molar-refractivity contribution >= 4 is 5.97 Å². The van der Waals surface area contributed by atoms with Gasteiger partial charge in [0.05, 0.1) is 6.42 Å². The molecule has 0 aromatic carbocycles. The van der Waals surface area contributed by atoms with E-state index in [2.05, 4.69) is 0 Å². The summed E-state index contributed by atoms with van der Waals surface area (Å²) in [6.45, 7) is 1.47. The topological polar surface area (TPSA) is 38.8 Å². The van der Waals surface area contributed by atoms with E-state index in [9.17, 15) is 4.79 Å². The lowest BCUT2D eigenvalue weighted by atomic mass is 9.94. The summed E-state index contributed by atoms with van der Waals surface area (Å²) in [7, 11) is 0. The number of carbonyl (C=O) groups excluding carboxylic acids is 1. The molecule has 0 aromatic heterocycles. The zero-order valence-electron chi connectivity index (χ0n) is 7.49. The largest absolute Gasteiger partial charge is 0.462 e. The second kappa shape index (κ2) is 2.45. The van der Waals surface area contributed by atoms with Crippen molar-refractivity contribution in [1.82, 2.24) is 5.06 Å². The summed E-state index contributed by atoms with van der Waals surface area (Å²) in [6, 6.07) is 0.537. The van der Waals surface area contributed by atoms with Crippen LogP contribution in [0.4, 0.5) is 0 Å². The third kappa shape index (κ3) is 1.09. The Labute approximate surface area is 76.7 Å². The van der Waals surface area contributed by atoms with E-state index < -0.39 is 0 Å². The fourth-order valence-electron chi connectivity index (χ4n) is 2.62. The molecule has 4 nitrogen and oxygen atoms in total. The highest BCUT2D eigenvalue weighted by atomic mass is 16.7. The van der Waals surface area contributed by atoms with Gasteiger partial charge in [0, 0.05) is 19.0 Å². The Hall–Kier alpha value is -0.610. The van der Waals surface area contributed by atoms with E-state index in [-0.39, 0.29) is 11.6 Å². The lowest BCUT2D eigenvalue weighted by molar-refractivity contribution is -0.192. The molecule has 0 unspecified atom stereocenters. The minimum atomic E-state index is -0.290. The first-order chi connectivity index (χ1) is 6.27. The van der Waals surface area contributed by atoms with Gasteiger partial charge in [0.25, 0.3) is 0 Å². The maximum atomic E-state index is 11.0. The molecule has 2 atom stereocenters. The van der Waals surface area contributed by atoms with Crippen LogP contribution in [-0.2, 0) is 14.4 Å².